The molecule has 0 aromatic heterocycles. The molecular formula is C29H30N3NaO5. The maximum atomic E-state index is 13.2. The molecule has 1 unspecified atom stereocenters. The summed E-state index contributed by atoms with van der Waals surface area (Å²) in [4.78, 5) is 38.4. The van der Waals surface area contributed by atoms with Crippen molar-refractivity contribution in [2.24, 2.45) is 0 Å². The van der Waals surface area contributed by atoms with E-state index in [1.165, 1.54) is 7.11 Å². The molecule has 2 N–H and O–H groups in total. The first-order valence-electron chi connectivity index (χ1n) is 12.2. The molecule has 3 amide bonds. The fraction of sp³-hybridized carbons (Fsp3) is 0.276. The van der Waals surface area contributed by atoms with Crippen molar-refractivity contribution in [3.05, 3.63) is 82.9 Å². The van der Waals surface area contributed by atoms with Gasteiger partial charge in [0, 0.05) is 23.9 Å². The normalized spacial score (nSPS) is 12.7. The van der Waals surface area contributed by atoms with Crippen LogP contribution in [0.5, 0.6) is 5.75 Å². The van der Waals surface area contributed by atoms with E-state index in [9.17, 15) is 19.5 Å². The van der Waals surface area contributed by atoms with E-state index in [0.29, 0.717) is 23.7 Å². The number of rotatable bonds is 8. The first kappa shape index (κ1) is 29.2. The Labute approximate surface area is 244 Å². The largest absolute Gasteiger partial charge is 1.00 e. The molecule has 3 aromatic rings. The first-order chi connectivity index (χ1) is 17.7. The number of amides is 3. The van der Waals surface area contributed by atoms with Gasteiger partial charge in [-0.15, -0.1) is 0 Å². The van der Waals surface area contributed by atoms with Gasteiger partial charge in [0.05, 0.1) is 19.2 Å². The van der Waals surface area contributed by atoms with Gasteiger partial charge in [-0.25, -0.2) is 4.79 Å². The number of nitrogens with zero attached hydrogens (tertiary/aromatic N) is 1. The molecular weight excluding hydrogens is 493 g/mol. The average Bonchev–Trinajstić information content (AvgIpc) is 3.29. The molecule has 1 aliphatic rings. The van der Waals surface area contributed by atoms with Crippen LogP contribution in [0.1, 0.15) is 41.5 Å². The van der Waals surface area contributed by atoms with Crippen LogP contribution < -0.4 is 54.9 Å². The van der Waals surface area contributed by atoms with Gasteiger partial charge in [0.1, 0.15) is 5.75 Å². The van der Waals surface area contributed by atoms with Crippen LogP contribution in [0.25, 0.3) is 0 Å². The van der Waals surface area contributed by atoms with Crippen LogP contribution in [0.15, 0.2) is 60.7 Å². The van der Waals surface area contributed by atoms with Gasteiger partial charge in [0.25, 0.3) is 0 Å². The van der Waals surface area contributed by atoms with E-state index in [2.05, 4.69) is 10.6 Å². The van der Waals surface area contributed by atoms with Gasteiger partial charge in [-0.1, -0.05) is 43.3 Å². The maximum Gasteiger partial charge on any atom is 1.00 e. The standard InChI is InChI=1S/C29H31N3O5.Na/c1-18-6-4-5-7-23(18)30-29(36)31-24-10-8-20(15-26(24)37-3)16-27(33)32-13-12-22-17-21(9-11-25(22)32)19(2)14-28(34)35;/h4-11,15,17,19H,12-14,16H2,1-3H3,(H,34,35)(H2,30,31,36);/q;+1/p-1. The molecule has 3 aromatic carbocycles. The Hall–Kier alpha value is -3.33. The number of carboxylic acid groups (broad SMARTS) is 1. The molecule has 1 aliphatic heterocycles. The number of aryl methyl sites for hydroxylation is 1. The predicted molar refractivity (Wildman–Crippen MR) is 141 cm³/mol. The molecule has 38 heavy (non-hydrogen) atoms. The summed E-state index contributed by atoms with van der Waals surface area (Å²) in [5.74, 6) is -0.820. The van der Waals surface area contributed by atoms with Crippen molar-refractivity contribution in [2.45, 2.75) is 39.0 Å². The summed E-state index contributed by atoms with van der Waals surface area (Å²) < 4.78 is 5.47. The molecule has 0 spiro atoms. The van der Waals surface area contributed by atoms with E-state index in [1.807, 2.05) is 56.3 Å². The zero-order chi connectivity index (χ0) is 26.5. The SMILES string of the molecule is COc1cc(CC(=O)N2CCc3cc(C(C)CC(=O)[O-])ccc32)ccc1NC(=O)Nc1ccccc1C.[Na+]. The average molecular weight is 524 g/mol. The van der Waals surface area contributed by atoms with Crippen LogP contribution in [0, 0.1) is 6.92 Å². The number of hydrogen-bond donors (Lipinski definition) is 2. The summed E-state index contributed by atoms with van der Waals surface area (Å²) in [6.07, 6.45) is 0.852. The second kappa shape index (κ2) is 13.0. The van der Waals surface area contributed by atoms with Crippen molar-refractivity contribution in [1.29, 1.82) is 0 Å². The summed E-state index contributed by atoms with van der Waals surface area (Å²) in [5.41, 5.74) is 5.74. The summed E-state index contributed by atoms with van der Waals surface area (Å²) in [6.45, 7) is 4.34. The van der Waals surface area contributed by atoms with Gasteiger partial charge >= 0.3 is 35.6 Å². The van der Waals surface area contributed by atoms with Crippen molar-refractivity contribution >= 4 is 35.0 Å². The summed E-state index contributed by atoms with van der Waals surface area (Å²) >= 11 is 0. The van der Waals surface area contributed by atoms with E-state index < -0.39 is 12.0 Å². The molecule has 1 heterocycles. The Morgan fingerprint density at radius 2 is 1.76 bits per heavy atom. The van der Waals surface area contributed by atoms with Crippen molar-refractivity contribution in [2.75, 3.05) is 29.2 Å². The molecule has 0 saturated carbocycles. The molecule has 0 radical (unpaired) electrons. The third-order valence-electron chi connectivity index (χ3n) is 6.60. The molecule has 1 atom stereocenters. The molecule has 4 rings (SSSR count). The van der Waals surface area contributed by atoms with E-state index >= 15 is 0 Å². The molecule has 0 saturated heterocycles. The number of para-hydroxylation sites is 1. The van der Waals surface area contributed by atoms with E-state index in [4.69, 9.17) is 4.74 Å². The molecule has 8 nitrogen and oxygen atoms in total. The van der Waals surface area contributed by atoms with E-state index in [-0.39, 0.29) is 54.2 Å². The Morgan fingerprint density at radius 1 is 1.03 bits per heavy atom. The number of ether oxygens (including phenoxy) is 1. The van der Waals surface area contributed by atoms with Crippen LogP contribution >= 0.6 is 0 Å². The van der Waals surface area contributed by atoms with E-state index in [0.717, 1.165) is 34.4 Å². The Morgan fingerprint density at radius 3 is 2.47 bits per heavy atom. The van der Waals surface area contributed by atoms with Gasteiger partial charge in [-0.3, -0.25) is 4.79 Å². The third-order valence-corrected chi connectivity index (χ3v) is 6.60. The van der Waals surface area contributed by atoms with Crippen LogP contribution in [0.4, 0.5) is 21.9 Å². The minimum atomic E-state index is -1.08. The second-order valence-corrected chi connectivity index (χ2v) is 9.27. The minimum Gasteiger partial charge on any atom is -0.550 e. The van der Waals surface area contributed by atoms with Crippen molar-refractivity contribution in [3.8, 4) is 5.75 Å². The fourth-order valence-electron chi connectivity index (χ4n) is 4.56. The zero-order valence-corrected chi connectivity index (χ0v) is 24.2. The number of carbonyl (C=O) groups excluding carboxylic acids is 3. The Kier molecular flexibility index (Phi) is 9.96. The summed E-state index contributed by atoms with van der Waals surface area (Å²) in [5, 5.41) is 16.6. The Bertz CT molecular complexity index is 1340. The topological polar surface area (TPSA) is 111 Å². The molecule has 9 heteroatoms. The van der Waals surface area contributed by atoms with Gasteiger partial charge < -0.3 is 30.2 Å². The number of fused-ring (bicyclic) bond motifs is 1. The van der Waals surface area contributed by atoms with Crippen LogP contribution in [-0.4, -0.2) is 31.6 Å². The van der Waals surface area contributed by atoms with Gasteiger partial charge in [0.2, 0.25) is 5.91 Å². The number of anilines is 3. The van der Waals surface area contributed by atoms with E-state index in [1.54, 1.807) is 23.1 Å². The van der Waals surface area contributed by atoms with Crippen molar-refractivity contribution < 1.29 is 53.8 Å². The van der Waals surface area contributed by atoms with Gasteiger partial charge in [0.15, 0.2) is 0 Å². The van der Waals surface area contributed by atoms with Crippen LogP contribution in [0.2, 0.25) is 0 Å². The quantitative estimate of drug-likeness (QED) is 0.429. The van der Waals surface area contributed by atoms with Gasteiger partial charge in [-0.2, -0.15) is 0 Å². The molecule has 0 bridgehead atoms. The fourth-order valence-corrected chi connectivity index (χ4v) is 4.56. The summed E-state index contributed by atoms with van der Waals surface area (Å²) in [7, 11) is 1.51. The zero-order valence-electron chi connectivity index (χ0n) is 22.2. The maximum absolute atomic E-state index is 13.2. The third kappa shape index (κ3) is 6.95. The van der Waals surface area contributed by atoms with Gasteiger partial charge in [-0.05, 0) is 72.2 Å². The number of urea groups is 1. The molecule has 0 aliphatic carbocycles. The number of carboxylic acids is 1. The summed E-state index contributed by atoms with van der Waals surface area (Å²) in [6, 6.07) is 18.1. The minimum absolute atomic E-state index is 0. The van der Waals surface area contributed by atoms with Crippen molar-refractivity contribution in [3.63, 3.8) is 0 Å². The number of aliphatic carboxylic acids is 1. The number of nitrogens with one attached hydrogen (secondary N) is 2. The second-order valence-electron chi connectivity index (χ2n) is 9.27. The smallest absolute Gasteiger partial charge is 0.550 e. The number of methoxy groups -OCH3 is 1. The van der Waals surface area contributed by atoms with Crippen LogP contribution in [0.3, 0.4) is 0 Å². The molecule has 0 fully saturated rings. The van der Waals surface area contributed by atoms with Crippen molar-refractivity contribution in [1.82, 2.24) is 0 Å². The first-order valence-corrected chi connectivity index (χ1v) is 12.2. The number of carbonyl (C=O) groups is 3. The number of benzene rings is 3. The Balaban J connectivity index is 0.00000400. The van der Waals surface area contributed by atoms with Crippen LogP contribution in [-0.2, 0) is 22.4 Å². The molecule has 192 valence electrons. The predicted octanol–water partition coefficient (Wildman–Crippen LogP) is 1.03. The number of hydrogen-bond acceptors (Lipinski definition) is 5. The monoisotopic (exact) mass is 523 g/mol.